The molecule has 0 spiro atoms. The van der Waals surface area contributed by atoms with Crippen LogP contribution in [-0.2, 0) is 20.0 Å². The maximum Gasteiger partial charge on any atom is 0.258 e. The fraction of sp³-hybridized carbons (Fsp3) is 0.238. The number of benzene rings is 2. The Kier molecular flexibility index (Phi) is 4.62. The molecular weight excluding hydrogens is 362 g/mol. The van der Waals surface area contributed by atoms with Gasteiger partial charge in [0.05, 0.1) is 35.6 Å². The first-order chi connectivity index (χ1) is 13.1. The van der Waals surface area contributed by atoms with Crippen molar-refractivity contribution in [2.24, 2.45) is 7.05 Å². The number of aryl methyl sites for hydroxylation is 1. The zero-order chi connectivity index (χ0) is 19.0. The average molecular weight is 382 g/mol. The summed E-state index contributed by atoms with van der Waals surface area (Å²) < 4.78 is 7.25. The molecule has 2 heterocycles. The standard InChI is InChI=1S/C21H20ClN3O2/c1-24-19(14-7-4-3-5-8-14)15-11-12-25(13-18(15)23-24)21(26)16-9-6-10-17(22)20(16)27-2/h3-10H,11-13H2,1-2H3. The summed E-state index contributed by atoms with van der Waals surface area (Å²) >= 11 is 6.17. The first-order valence-electron chi connectivity index (χ1n) is 8.82. The molecule has 3 aromatic rings. The highest BCUT2D eigenvalue weighted by Crippen LogP contribution is 2.33. The number of carbonyl (C=O) groups is 1. The number of methoxy groups -OCH3 is 1. The smallest absolute Gasteiger partial charge is 0.258 e. The van der Waals surface area contributed by atoms with Gasteiger partial charge in [0.1, 0.15) is 5.75 Å². The van der Waals surface area contributed by atoms with Crippen molar-refractivity contribution in [3.63, 3.8) is 0 Å². The molecule has 1 amide bonds. The third-order valence-corrected chi connectivity index (χ3v) is 5.23. The lowest BCUT2D eigenvalue weighted by Gasteiger charge is -2.27. The third-order valence-electron chi connectivity index (χ3n) is 4.94. The van der Waals surface area contributed by atoms with E-state index in [1.807, 2.05) is 29.9 Å². The van der Waals surface area contributed by atoms with Gasteiger partial charge in [-0.2, -0.15) is 5.10 Å². The van der Waals surface area contributed by atoms with Crippen molar-refractivity contribution >= 4 is 17.5 Å². The van der Waals surface area contributed by atoms with Gasteiger partial charge in [0.15, 0.2) is 0 Å². The lowest BCUT2D eigenvalue weighted by Crippen LogP contribution is -2.36. The van der Waals surface area contributed by atoms with E-state index in [0.717, 1.165) is 23.4 Å². The van der Waals surface area contributed by atoms with Gasteiger partial charge in [-0.25, -0.2) is 0 Å². The van der Waals surface area contributed by atoms with Crippen LogP contribution in [-0.4, -0.2) is 34.2 Å². The van der Waals surface area contributed by atoms with Gasteiger partial charge >= 0.3 is 0 Å². The van der Waals surface area contributed by atoms with Crippen molar-refractivity contribution in [3.8, 4) is 17.0 Å². The van der Waals surface area contributed by atoms with Gasteiger partial charge in [-0.3, -0.25) is 9.48 Å². The van der Waals surface area contributed by atoms with E-state index in [4.69, 9.17) is 16.3 Å². The van der Waals surface area contributed by atoms with Crippen LogP contribution in [0.1, 0.15) is 21.6 Å². The Balaban J connectivity index is 1.65. The zero-order valence-electron chi connectivity index (χ0n) is 15.3. The van der Waals surface area contributed by atoms with Crippen molar-refractivity contribution in [2.75, 3.05) is 13.7 Å². The Labute approximate surface area is 163 Å². The highest BCUT2D eigenvalue weighted by atomic mass is 35.5. The van der Waals surface area contributed by atoms with E-state index >= 15 is 0 Å². The van der Waals surface area contributed by atoms with E-state index in [-0.39, 0.29) is 5.91 Å². The van der Waals surface area contributed by atoms with E-state index < -0.39 is 0 Å². The summed E-state index contributed by atoms with van der Waals surface area (Å²) in [6.07, 6.45) is 0.766. The molecule has 0 radical (unpaired) electrons. The van der Waals surface area contributed by atoms with Crippen LogP contribution in [0.15, 0.2) is 48.5 Å². The zero-order valence-corrected chi connectivity index (χ0v) is 16.0. The molecule has 1 aliphatic rings. The number of para-hydroxylation sites is 1. The summed E-state index contributed by atoms with van der Waals surface area (Å²) in [5.41, 5.74) is 4.90. The Hall–Kier alpha value is -2.79. The number of fused-ring (bicyclic) bond motifs is 1. The van der Waals surface area contributed by atoms with Crippen molar-refractivity contribution in [2.45, 2.75) is 13.0 Å². The Bertz CT molecular complexity index is 998. The number of halogens is 1. The van der Waals surface area contributed by atoms with Crippen LogP contribution >= 0.6 is 11.6 Å². The summed E-state index contributed by atoms with van der Waals surface area (Å²) in [5.74, 6) is 0.327. The Morgan fingerprint density at radius 1 is 1.15 bits per heavy atom. The first-order valence-corrected chi connectivity index (χ1v) is 9.20. The van der Waals surface area contributed by atoms with E-state index in [1.165, 1.54) is 12.7 Å². The lowest BCUT2D eigenvalue weighted by atomic mass is 9.99. The van der Waals surface area contributed by atoms with Gasteiger partial charge in [-0.05, 0) is 18.6 Å². The second-order valence-corrected chi connectivity index (χ2v) is 6.97. The SMILES string of the molecule is COc1c(Cl)cccc1C(=O)N1CCc2c(nn(C)c2-c2ccccc2)C1. The molecule has 0 unspecified atom stereocenters. The van der Waals surface area contributed by atoms with Gasteiger partial charge in [-0.15, -0.1) is 0 Å². The predicted octanol–water partition coefficient (Wildman–Crippen LogP) is 3.95. The molecule has 0 N–H and O–H groups in total. The summed E-state index contributed by atoms with van der Waals surface area (Å²) in [6, 6.07) is 15.5. The van der Waals surface area contributed by atoms with Crippen LogP contribution < -0.4 is 4.74 Å². The molecule has 0 bridgehead atoms. The molecule has 5 nitrogen and oxygen atoms in total. The fourth-order valence-corrected chi connectivity index (χ4v) is 3.96. The normalized spacial score (nSPS) is 13.4. The molecule has 0 aliphatic carbocycles. The van der Waals surface area contributed by atoms with Gasteiger partial charge in [-0.1, -0.05) is 48.0 Å². The summed E-state index contributed by atoms with van der Waals surface area (Å²) in [4.78, 5) is 14.9. The minimum atomic E-state index is -0.0908. The molecule has 27 heavy (non-hydrogen) atoms. The second kappa shape index (κ2) is 7.08. The van der Waals surface area contributed by atoms with Crippen LogP contribution in [0, 0.1) is 0 Å². The maximum absolute atomic E-state index is 13.1. The Morgan fingerprint density at radius 3 is 2.67 bits per heavy atom. The average Bonchev–Trinajstić information content (AvgIpc) is 3.02. The molecule has 0 saturated heterocycles. The molecule has 4 rings (SSSR count). The van der Waals surface area contributed by atoms with Gasteiger partial charge in [0.25, 0.3) is 5.91 Å². The monoisotopic (exact) mass is 381 g/mol. The summed E-state index contributed by atoms with van der Waals surface area (Å²) in [7, 11) is 3.48. The van der Waals surface area contributed by atoms with Crippen molar-refractivity contribution < 1.29 is 9.53 Å². The molecule has 0 saturated carbocycles. The minimum absolute atomic E-state index is 0.0908. The molecule has 0 fully saturated rings. The predicted molar refractivity (Wildman–Crippen MR) is 105 cm³/mol. The maximum atomic E-state index is 13.1. The molecule has 6 heteroatoms. The van der Waals surface area contributed by atoms with Crippen LogP contribution in [0.25, 0.3) is 11.3 Å². The summed E-state index contributed by atoms with van der Waals surface area (Å²) in [6.45, 7) is 1.11. The topological polar surface area (TPSA) is 47.4 Å². The fourth-order valence-electron chi connectivity index (χ4n) is 3.71. The lowest BCUT2D eigenvalue weighted by molar-refractivity contribution is 0.0729. The second-order valence-electron chi connectivity index (χ2n) is 6.56. The van der Waals surface area contributed by atoms with Crippen LogP contribution in [0.4, 0.5) is 0 Å². The highest BCUT2D eigenvalue weighted by molar-refractivity contribution is 6.32. The number of aromatic nitrogens is 2. The first kappa shape index (κ1) is 17.6. The molecule has 2 aromatic carbocycles. The van der Waals surface area contributed by atoms with Crippen LogP contribution in [0.5, 0.6) is 5.75 Å². The number of carbonyl (C=O) groups excluding carboxylic acids is 1. The van der Waals surface area contributed by atoms with E-state index in [9.17, 15) is 4.79 Å². The van der Waals surface area contributed by atoms with E-state index in [2.05, 4.69) is 17.2 Å². The number of nitrogens with zero attached hydrogens (tertiary/aromatic N) is 3. The molecule has 138 valence electrons. The quantitative estimate of drug-likeness (QED) is 0.690. The van der Waals surface area contributed by atoms with Crippen molar-refractivity contribution in [1.82, 2.24) is 14.7 Å². The summed E-state index contributed by atoms with van der Waals surface area (Å²) in [5, 5.41) is 5.11. The van der Waals surface area contributed by atoms with Gasteiger partial charge in [0.2, 0.25) is 0 Å². The number of rotatable bonds is 3. The molecule has 0 atom stereocenters. The van der Waals surface area contributed by atoms with E-state index in [1.54, 1.807) is 23.1 Å². The minimum Gasteiger partial charge on any atom is -0.494 e. The highest BCUT2D eigenvalue weighted by Gasteiger charge is 2.29. The molecular formula is C21H20ClN3O2. The van der Waals surface area contributed by atoms with Crippen molar-refractivity contribution in [3.05, 3.63) is 70.4 Å². The van der Waals surface area contributed by atoms with Crippen LogP contribution in [0.2, 0.25) is 5.02 Å². The Morgan fingerprint density at radius 2 is 1.93 bits per heavy atom. The largest absolute Gasteiger partial charge is 0.494 e. The van der Waals surface area contributed by atoms with Crippen molar-refractivity contribution in [1.29, 1.82) is 0 Å². The molecule has 1 aliphatic heterocycles. The van der Waals surface area contributed by atoms with Gasteiger partial charge < -0.3 is 9.64 Å². The third kappa shape index (κ3) is 3.08. The number of hydrogen-bond acceptors (Lipinski definition) is 3. The van der Waals surface area contributed by atoms with Gasteiger partial charge in [0, 0.05) is 24.7 Å². The number of amides is 1. The van der Waals surface area contributed by atoms with E-state index in [0.29, 0.717) is 29.4 Å². The van der Waals surface area contributed by atoms with Crippen LogP contribution in [0.3, 0.4) is 0 Å². The number of ether oxygens (including phenoxy) is 1. The molecule has 1 aromatic heterocycles. The number of hydrogen-bond donors (Lipinski definition) is 0.